The summed E-state index contributed by atoms with van der Waals surface area (Å²) in [7, 11) is 3.35. The maximum atomic E-state index is 14.7. The van der Waals surface area contributed by atoms with Crippen LogP contribution in [0.2, 0.25) is 0 Å². The second kappa shape index (κ2) is 9.51. The van der Waals surface area contributed by atoms with Crippen LogP contribution in [0.15, 0.2) is 42.5 Å². The van der Waals surface area contributed by atoms with Gasteiger partial charge in [-0.15, -0.1) is 0 Å². The summed E-state index contributed by atoms with van der Waals surface area (Å²) in [6.45, 7) is 2.52. The number of carbonyl (C=O) groups is 2. The zero-order valence-electron chi connectivity index (χ0n) is 19.3. The fourth-order valence-corrected chi connectivity index (χ4v) is 4.37. The number of aromatic nitrogens is 2. The van der Waals surface area contributed by atoms with Crippen molar-refractivity contribution in [2.45, 2.75) is 26.3 Å². The predicted octanol–water partition coefficient (Wildman–Crippen LogP) is 3.77. The van der Waals surface area contributed by atoms with Gasteiger partial charge in [-0.05, 0) is 65.9 Å². The highest BCUT2D eigenvalue weighted by Gasteiger charge is 2.26. The van der Waals surface area contributed by atoms with Gasteiger partial charge in [0.15, 0.2) is 0 Å². The number of carboxylic acids is 1. The summed E-state index contributed by atoms with van der Waals surface area (Å²) in [5.41, 5.74) is 4.96. The van der Waals surface area contributed by atoms with Crippen LogP contribution in [0.25, 0.3) is 17.2 Å². The number of halogens is 1. The number of benzene rings is 2. The third-order valence-electron chi connectivity index (χ3n) is 6.01. The predicted molar refractivity (Wildman–Crippen MR) is 126 cm³/mol. The Balaban J connectivity index is 1.68. The molecule has 0 atom stereocenters. The molecule has 1 amide bonds. The Hall–Kier alpha value is -3.94. The summed E-state index contributed by atoms with van der Waals surface area (Å²) in [6, 6.07) is 10.1. The number of carbonyl (C=O) groups excluding carboxylic acids is 1. The van der Waals surface area contributed by atoms with Crippen LogP contribution in [0.1, 0.15) is 28.1 Å². The Morgan fingerprint density at radius 1 is 1.18 bits per heavy atom. The third-order valence-corrected chi connectivity index (χ3v) is 6.01. The third kappa shape index (κ3) is 4.71. The topological polar surface area (TPSA) is 84.7 Å². The molecule has 0 aliphatic carbocycles. The lowest BCUT2D eigenvalue weighted by Crippen LogP contribution is -2.35. The summed E-state index contributed by atoms with van der Waals surface area (Å²) < 4.78 is 21.9. The van der Waals surface area contributed by atoms with Crippen molar-refractivity contribution in [1.82, 2.24) is 14.7 Å². The summed E-state index contributed by atoms with van der Waals surface area (Å²) >= 11 is 0. The Kier molecular flexibility index (Phi) is 6.49. The largest absolute Gasteiger partial charge is 0.496 e. The van der Waals surface area contributed by atoms with Crippen molar-refractivity contribution in [2.24, 2.45) is 7.05 Å². The molecule has 7 nitrogen and oxygen atoms in total. The van der Waals surface area contributed by atoms with Gasteiger partial charge in [-0.2, -0.15) is 5.10 Å². The fourth-order valence-electron chi connectivity index (χ4n) is 4.37. The van der Waals surface area contributed by atoms with E-state index in [4.69, 9.17) is 4.74 Å². The van der Waals surface area contributed by atoms with Gasteiger partial charge in [0.1, 0.15) is 11.6 Å². The van der Waals surface area contributed by atoms with E-state index < -0.39 is 5.97 Å². The highest BCUT2D eigenvalue weighted by atomic mass is 19.1. The lowest BCUT2D eigenvalue weighted by atomic mass is 9.89. The summed E-state index contributed by atoms with van der Waals surface area (Å²) in [5, 5.41) is 13.5. The van der Waals surface area contributed by atoms with Gasteiger partial charge in [-0.25, -0.2) is 4.39 Å². The molecule has 4 rings (SSSR count). The molecule has 2 aromatic carbocycles. The monoisotopic (exact) mass is 463 g/mol. The number of fused-ring (bicyclic) bond motifs is 1. The molecular formula is C26H26FN3O4. The fraction of sp³-hybridized carbons (Fsp3) is 0.269. The zero-order valence-corrected chi connectivity index (χ0v) is 19.3. The Labute approximate surface area is 197 Å². The standard InChI is InChI=1S/C26H26FN3O4/c1-16-12-18(29(2)28-16)5-9-25(31)30-11-10-20-22(15-30)19(6-7-23(20)27)21-13-17(14-26(32)33)4-8-24(21)34-3/h4-9,12-13H,10-11,14-15H2,1-3H3,(H,32,33)/b9-5+. The van der Waals surface area contributed by atoms with E-state index in [2.05, 4.69) is 5.10 Å². The molecule has 2 heterocycles. The number of ether oxygens (including phenoxy) is 1. The number of hydrogen-bond acceptors (Lipinski definition) is 4. The van der Waals surface area contributed by atoms with Gasteiger partial charge in [0, 0.05) is 31.8 Å². The molecule has 3 aromatic rings. The first-order valence-corrected chi connectivity index (χ1v) is 10.9. The normalized spacial score (nSPS) is 13.2. The van der Waals surface area contributed by atoms with Crippen LogP contribution >= 0.6 is 0 Å². The number of methoxy groups -OCH3 is 1. The average Bonchev–Trinajstić information content (AvgIpc) is 3.13. The molecule has 1 aliphatic heterocycles. The van der Waals surface area contributed by atoms with Gasteiger partial charge < -0.3 is 14.7 Å². The number of amides is 1. The van der Waals surface area contributed by atoms with Crippen LogP contribution < -0.4 is 4.74 Å². The van der Waals surface area contributed by atoms with Crippen molar-refractivity contribution in [2.75, 3.05) is 13.7 Å². The number of aryl methyl sites for hydroxylation is 2. The maximum Gasteiger partial charge on any atom is 0.307 e. The molecule has 176 valence electrons. The molecule has 1 aromatic heterocycles. The van der Waals surface area contributed by atoms with E-state index in [0.717, 1.165) is 17.0 Å². The van der Waals surface area contributed by atoms with Crippen LogP contribution in [0.3, 0.4) is 0 Å². The number of aliphatic carboxylic acids is 1. The number of nitrogens with zero attached hydrogens (tertiary/aromatic N) is 3. The van der Waals surface area contributed by atoms with Crippen LogP contribution in [0, 0.1) is 12.7 Å². The van der Waals surface area contributed by atoms with E-state index in [-0.39, 0.29) is 24.7 Å². The first-order chi connectivity index (χ1) is 16.3. The van der Waals surface area contributed by atoms with Crippen molar-refractivity contribution < 1.29 is 23.8 Å². The van der Waals surface area contributed by atoms with Crippen molar-refractivity contribution in [1.29, 1.82) is 0 Å². The molecular weight excluding hydrogens is 437 g/mol. The van der Waals surface area contributed by atoms with E-state index in [1.54, 1.807) is 39.9 Å². The molecule has 0 radical (unpaired) electrons. The lowest BCUT2D eigenvalue weighted by Gasteiger charge is -2.30. The Bertz CT molecular complexity index is 1300. The number of hydrogen-bond donors (Lipinski definition) is 1. The SMILES string of the molecule is COc1ccc(CC(=O)O)cc1-c1ccc(F)c2c1CN(C(=O)/C=C/c1cc(C)nn1C)CC2. The van der Waals surface area contributed by atoms with Gasteiger partial charge in [0.2, 0.25) is 5.91 Å². The molecule has 8 heteroatoms. The molecule has 0 saturated heterocycles. The molecule has 1 N–H and O–H groups in total. The first-order valence-electron chi connectivity index (χ1n) is 10.9. The molecule has 0 spiro atoms. The van der Waals surface area contributed by atoms with Crippen molar-refractivity contribution in [3.63, 3.8) is 0 Å². The van der Waals surface area contributed by atoms with E-state index in [1.165, 1.54) is 19.3 Å². The van der Waals surface area contributed by atoms with E-state index >= 15 is 0 Å². The molecule has 1 aliphatic rings. The van der Waals surface area contributed by atoms with Crippen LogP contribution in [0.5, 0.6) is 5.75 Å². The minimum Gasteiger partial charge on any atom is -0.496 e. The van der Waals surface area contributed by atoms with Crippen molar-refractivity contribution >= 4 is 18.0 Å². The van der Waals surface area contributed by atoms with Gasteiger partial charge >= 0.3 is 5.97 Å². The van der Waals surface area contributed by atoms with Gasteiger partial charge in [-0.1, -0.05) is 12.1 Å². The molecule has 0 saturated carbocycles. The molecule has 0 unspecified atom stereocenters. The van der Waals surface area contributed by atoms with Gasteiger partial charge in [0.05, 0.1) is 24.9 Å². The quantitative estimate of drug-likeness (QED) is 0.563. The Morgan fingerprint density at radius 3 is 2.65 bits per heavy atom. The molecule has 0 bridgehead atoms. The summed E-state index contributed by atoms with van der Waals surface area (Å²) in [5.74, 6) is -0.874. The van der Waals surface area contributed by atoms with Gasteiger partial charge in [-0.3, -0.25) is 14.3 Å². The average molecular weight is 464 g/mol. The number of rotatable bonds is 6. The summed E-state index contributed by atoms with van der Waals surface area (Å²) in [6.07, 6.45) is 3.48. The zero-order chi connectivity index (χ0) is 24.4. The molecule has 0 fully saturated rings. The number of carboxylic acid groups (broad SMARTS) is 1. The van der Waals surface area contributed by atoms with Crippen molar-refractivity contribution in [3.05, 3.63) is 76.4 Å². The Morgan fingerprint density at radius 2 is 1.97 bits per heavy atom. The van der Waals surface area contributed by atoms with Gasteiger partial charge in [0.25, 0.3) is 0 Å². The lowest BCUT2D eigenvalue weighted by molar-refractivity contribution is -0.136. The highest BCUT2D eigenvalue weighted by molar-refractivity contribution is 5.92. The minimum atomic E-state index is -0.940. The first kappa shape index (κ1) is 23.2. The maximum absolute atomic E-state index is 14.7. The van der Waals surface area contributed by atoms with E-state index in [0.29, 0.717) is 41.0 Å². The minimum absolute atomic E-state index is 0.136. The summed E-state index contributed by atoms with van der Waals surface area (Å²) in [4.78, 5) is 25.9. The molecule has 34 heavy (non-hydrogen) atoms. The smallest absolute Gasteiger partial charge is 0.307 e. The van der Waals surface area contributed by atoms with Crippen LogP contribution in [-0.4, -0.2) is 45.3 Å². The van der Waals surface area contributed by atoms with E-state index in [9.17, 15) is 19.1 Å². The van der Waals surface area contributed by atoms with Crippen LogP contribution in [0.4, 0.5) is 4.39 Å². The van der Waals surface area contributed by atoms with Crippen molar-refractivity contribution in [3.8, 4) is 16.9 Å². The second-order valence-electron chi connectivity index (χ2n) is 8.33. The van der Waals surface area contributed by atoms with Crippen LogP contribution in [-0.2, 0) is 36.0 Å². The van der Waals surface area contributed by atoms with E-state index in [1.807, 2.05) is 20.0 Å². The second-order valence-corrected chi connectivity index (χ2v) is 8.33. The highest BCUT2D eigenvalue weighted by Crippen LogP contribution is 2.37.